The summed E-state index contributed by atoms with van der Waals surface area (Å²) in [5.41, 5.74) is 3.55. The summed E-state index contributed by atoms with van der Waals surface area (Å²) in [5.74, 6) is 6.91. The quantitative estimate of drug-likeness (QED) is 0.499. The molecule has 0 spiro atoms. The summed E-state index contributed by atoms with van der Waals surface area (Å²) < 4.78 is 0. The molecule has 0 unspecified atom stereocenters. The third kappa shape index (κ3) is 2.77. The van der Waals surface area contributed by atoms with Crippen molar-refractivity contribution < 1.29 is 0 Å². The summed E-state index contributed by atoms with van der Waals surface area (Å²) in [7, 11) is 0. The summed E-state index contributed by atoms with van der Waals surface area (Å²) in [4.78, 5) is 13.1. The predicted octanol–water partition coefficient (Wildman–Crippen LogP) is 2.18. The number of hydrogen-bond acceptors (Lipinski definition) is 6. The maximum absolute atomic E-state index is 5.47. The Morgan fingerprint density at radius 3 is 2.78 bits per heavy atom. The lowest BCUT2D eigenvalue weighted by Crippen LogP contribution is -2.13. The average Bonchev–Trinajstić information content (AvgIpc) is 2.42. The Labute approximate surface area is 110 Å². The third-order valence-electron chi connectivity index (χ3n) is 2.44. The molecule has 2 aromatic heterocycles. The molecule has 0 aliphatic rings. The van der Waals surface area contributed by atoms with Crippen LogP contribution in [-0.4, -0.2) is 15.0 Å². The van der Waals surface area contributed by atoms with Gasteiger partial charge in [-0.2, -0.15) is 0 Å². The maximum Gasteiger partial charge on any atom is 0.147 e. The number of aryl methyl sites for hydroxylation is 1. The largest absolute Gasteiger partial charge is 0.308 e. The second-order valence-corrected chi connectivity index (χ2v) is 4.70. The molecule has 3 N–H and O–H groups in total. The highest BCUT2D eigenvalue weighted by molar-refractivity contribution is 7.99. The minimum atomic E-state index is 0.667. The van der Waals surface area contributed by atoms with Gasteiger partial charge in [-0.25, -0.2) is 20.8 Å². The van der Waals surface area contributed by atoms with Crippen LogP contribution in [-0.2, 0) is 6.42 Å². The molecule has 0 saturated carbocycles. The molecule has 0 atom stereocenters. The first-order valence-electron chi connectivity index (χ1n) is 5.67. The van der Waals surface area contributed by atoms with E-state index in [1.54, 1.807) is 6.20 Å². The Hall–Kier alpha value is -1.66. The van der Waals surface area contributed by atoms with Crippen LogP contribution < -0.4 is 11.3 Å². The van der Waals surface area contributed by atoms with Crippen molar-refractivity contribution in [2.24, 2.45) is 5.84 Å². The molecule has 0 fully saturated rings. The van der Waals surface area contributed by atoms with Gasteiger partial charge in [-0.3, -0.25) is 0 Å². The first-order chi connectivity index (χ1) is 8.74. The number of nitrogens with zero attached hydrogens (tertiary/aromatic N) is 3. The molecule has 0 amide bonds. The van der Waals surface area contributed by atoms with E-state index in [-0.39, 0.29) is 0 Å². The molecular formula is C12H15N5S. The number of nitrogen functional groups attached to an aromatic ring is 1. The van der Waals surface area contributed by atoms with Crippen molar-refractivity contribution in [1.29, 1.82) is 0 Å². The lowest BCUT2D eigenvalue weighted by atomic mass is 10.3. The smallest absolute Gasteiger partial charge is 0.147 e. The number of nitrogens with one attached hydrogen (secondary N) is 1. The van der Waals surface area contributed by atoms with E-state index >= 15 is 0 Å². The van der Waals surface area contributed by atoms with Crippen molar-refractivity contribution >= 4 is 17.6 Å². The highest BCUT2D eigenvalue weighted by atomic mass is 32.2. The van der Waals surface area contributed by atoms with Crippen LogP contribution in [0.15, 0.2) is 34.4 Å². The van der Waals surface area contributed by atoms with Gasteiger partial charge in [0.1, 0.15) is 21.7 Å². The Kier molecular flexibility index (Phi) is 4.11. The van der Waals surface area contributed by atoms with Gasteiger partial charge in [0.2, 0.25) is 0 Å². The number of aromatic nitrogens is 3. The van der Waals surface area contributed by atoms with Crippen LogP contribution in [0.1, 0.15) is 18.3 Å². The van der Waals surface area contributed by atoms with Gasteiger partial charge in [-0.1, -0.05) is 13.0 Å². The Morgan fingerprint density at radius 2 is 2.17 bits per heavy atom. The van der Waals surface area contributed by atoms with Crippen LogP contribution >= 0.6 is 11.8 Å². The molecule has 2 heterocycles. The Bertz CT molecular complexity index is 529. The molecule has 2 rings (SSSR count). The van der Waals surface area contributed by atoms with Gasteiger partial charge < -0.3 is 5.43 Å². The fourth-order valence-electron chi connectivity index (χ4n) is 1.44. The van der Waals surface area contributed by atoms with Crippen LogP contribution in [0.3, 0.4) is 0 Å². The zero-order chi connectivity index (χ0) is 13.0. The number of nitrogens with two attached hydrogens (primary N) is 1. The number of rotatable bonds is 4. The lowest BCUT2D eigenvalue weighted by Gasteiger charge is -2.10. The zero-order valence-corrected chi connectivity index (χ0v) is 11.2. The second-order valence-electron chi connectivity index (χ2n) is 3.69. The summed E-state index contributed by atoms with van der Waals surface area (Å²) in [6.07, 6.45) is 2.53. The van der Waals surface area contributed by atoms with Crippen LogP contribution in [0.2, 0.25) is 0 Å². The molecule has 0 saturated heterocycles. The fourth-order valence-corrected chi connectivity index (χ4v) is 2.30. The molecule has 0 aliphatic carbocycles. The normalized spacial score (nSPS) is 10.4. The van der Waals surface area contributed by atoms with Gasteiger partial charge in [0, 0.05) is 18.2 Å². The molecule has 5 nitrogen and oxygen atoms in total. The lowest BCUT2D eigenvalue weighted by molar-refractivity contribution is 0.870. The van der Waals surface area contributed by atoms with E-state index in [9.17, 15) is 0 Å². The third-order valence-corrected chi connectivity index (χ3v) is 3.48. The molecule has 0 bridgehead atoms. The number of pyridine rings is 1. The van der Waals surface area contributed by atoms with Crippen LogP contribution in [0.25, 0.3) is 0 Å². The van der Waals surface area contributed by atoms with E-state index in [2.05, 4.69) is 20.4 Å². The monoisotopic (exact) mass is 261 g/mol. The minimum absolute atomic E-state index is 0.667. The van der Waals surface area contributed by atoms with Gasteiger partial charge >= 0.3 is 0 Å². The van der Waals surface area contributed by atoms with Crippen molar-refractivity contribution in [1.82, 2.24) is 15.0 Å². The molecule has 0 aromatic carbocycles. The molecule has 6 heteroatoms. The van der Waals surface area contributed by atoms with Crippen LogP contribution in [0, 0.1) is 6.92 Å². The molecular weight excluding hydrogens is 246 g/mol. The van der Waals surface area contributed by atoms with E-state index in [0.29, 0.717) is 5.82 Å². The van der Waals surface area contributed by atoms with Gasteiger partial charge in [0.25, 0.3) is 0 Å². The Balaban J connectivity index is 2.37. The van der Waals surface area contributed by atoms with Crippen molar-refractivity contribution in [3.8, 4) is 0 Å². The molecule has 2 aromatic rings. The number of anilines is 1. The second kappa shape index (κ2) is 5.79. The standard InChI is InChI=1S/C12H15N5S/c1-3-9-15-11(17-13)8(2)12(16-9)18-10-6-4-5-7-14-10/h4-7H,3,13H2,1-2H3,(H,15,16,17). The Morgan fingerprint density at radius 1 is 1.33 bits per heavy atom. The van der Waals surface area contributed by atoms with Crippen molar-refractivity contribution in [3.05, 3.63) is 35.8 Å². The van der Waals surface area contributed by atoms with Gasteiger partial charge in [0.05, 0.1) is 0 Å². The fraction of sp³-hybridized carbons (Fsp3) is 0.250. The van der Waals surface area contributed by atoms with Gasteiger partial charge in [-0.05, 0) is 30.8 Å². The van der Waals surface area contributed by atoms with E-state index in [1.165, 1.54) is 11.8 Å². The first kappa shape index (κ1) is 12.8. The summed E-state index contributed by atoms with van der Waals surface area (Å²) >= 11 is 1.52. The SMILES string of the molecule is CCc1nc(NN)c(C)c(Sc2ccccn2)n1. The summed E-state index contributed by atoms with van der Waals surface area (Å²) in [6.45, 7) is 3.96. The van der Waals surface area contributed by atoms with Crippen LogP contribution in [0.5, 0.6) is 0 Å². The van der Waals surface area contributed by atoms with E-state index in [4.69, 9.17) is 5.84 Å². The summed E-state index contributed by atoms with van der Waals surface area (Å²) in [5, 5.41) is 1.79. The molecule has 0 radical (unpaired) electrons. The summed E-state index contributed by atoms with van der Waals surface area (Å²) in [6, 6.07) is 5.79. The van der Waals surface area contributed by atoms with Crippen molar-refractivity contribution in [2.75, 3.05) is 5.43 Å². The highest BCUT2D eigenvalue weighted by Gasteiger charge is 2.11. The van der Waals surface area contributed by atoms with E-state index < -0.39 is 0 Å². The molecule has 0 aliphatic heterocycles. The van der Waals surface area contributed by atoms with E-state index in [1.807, 2.05) is 32.0 Å². The van der Waals surface area contributed by atoms with Crippen molar-refractivity contribution in [2.45, 2.75) is 30.3 Å². The minimum Gasteiger partial charge on any atom is -0.308 e. The average molecular weight is 261 g/mol. The molecule has 94 valence electrons. The topological polar surface area (TPSA) is 76.7 Å². The number of hydrogen-bond donors (Lipinski definition) is 2. The molecule has 18 heavy (non-hydrogen) atoms. The predicted molar refractivity (Wildman–Crippen MR) is 72.3 cm³/mol. The maximum atomic E-state index is 5.47. The van der Waals surface area contributed by atoms with Gasteiger partial charge in [0.15, 0.2) is 0 Å². The van der Waals surface area contributed by atoms with Gasteiger partial charge in [-0.15, -0.1) is 0 Å². The van der Waals surface area contributed by atoms with Crippen molar-refractivity contribution in [3.63, 3.8) is 0 Å². The first-order valence-corrected chi connectivity index (χ1v) is 6.49. The zero-order valence-electron chi connectivity index (χ0n) is 10.3. The van der Waals surface area contributed by atoms with E-state index in [0.717, 1.165) is 27.9 Å². The highest BCUT2D eigenvalue weighted by Crippen LogP contribution is 2.29. The number of hydrazine groups is 1. The van der Waals surface area contributed by atoms with Crippen LogP contribution in [0.4, 0.5) is 5.82 Å².